The highest BCUT2D eigenvalue weighted by Gasteiger charge is 2.32. The van der Waals surface area contributed by atoms with Crippen LogP contribution >= 0.6 is 70.4 Å². The van der Waals surface area contributed by atoms with Gasteiger partial charge in [0.15, 0.2) is 0 Å². The summed E-state index contributed by atoms with van der Waals surface area (Å²) in [6, 6.07) is 18.1. The number of nitrogens with zero attached hydrogens (tertiary/aromatic N) is 1. The molecule has 0 bridgehead atoms. The van der Waals surface area contributed by atoms with Gasteiger partial charge in [-0.3, -0.25) is 9.69 Å². The molecule has 1 amide bonds. The normalized spacial score (nSPS) is 14.9. The minimum atomic E-state index is -0.190. The molecule has 0 spiro atoms. The molecule has 4 rings (SSSR count). The van der Waals surface area contributed by atoms with Crippen LogP contribution in [0.1, 0.15) is 16.7 Å². The molecule has 0 N–H and O–H groups in total. The highest BCUT2D eigenvalue weighted by Crippen LogP contribution is 2.39. The van der Waals surface area contributed by atoms with E-state index < -0.39 is 0 Å². The number of halogens is 4. The fourth-order valence-electron chi connectivity index (χ4n) is 3.20. The number of hydrogen-bond donors (Lipinski definition) is 0. The van der Waals surface area contributed by atoms with Gasteiger partial charge in [0, 0.05) is 26.2 Å². The van der Waals surface area contributed by atoms with Gasteiger partial charge in [0.1, 0.15) is 16.7 Å². The van der Waals surface area contributed by atoms with Crippen LogP contribution in [0.3, 0.4) is 0 Å². The van der Waals surface area contributed by atoms with Gasteiger partial charge in [0.05, 0.1) is 16.5 Å². The second-order valence-electron chi connectivity index (χ2n) is 7.05. The molecule has 0 saturated carbocycles. The molecule has 1 heterocycles. The van der Waals surface area contributed by atoms with Crippen molar-refractivity contribution in [1.29, 1.82) is 0 Å². The molecule has 3 aromatic rings. The lowest BCUT2D eigenvalue weighted by Gasteiger charge is -2.15. The maximum Gasteiger partial charge on any atom is 0.266 e. The van der Waals surface area contributed by atoms with E-state index in [1.165, 1.54) is 11.8 Å². The number of thioether (sulfide) groups is 1. The van der Waals surface area contributed by atoms with E-state index in [0.717, 1.165) is 5.56 Å². The zero-order valence-corrected chi connectivity index (χ0v) is 21.5. The van der Waals surface area contributed by atoms with Crippen LogP contribution in [0.2, 0.25) is 20.1 Å². The highest BCUT2D eigenvalue weighted by molar-refractivity contribution is 8.26. The number of amides is 1. The van der Waals surface area contributed by atoms with Crippen molar-refractivity contribution in [2.45, 2.75) is 13.2 Å². The molecule has 9 heteroatoms. The second-order valence-corrected chi connectivity index (χ2v) is 10.4. The van der Waals surface area contributed by atoms with E-state index in [2.05, 4.69) is 0 Å². The number of thiocarbonyl (C=S) groups is 1. The van der Waals surface area contributed by atoms with Crippen LogP contribution < -0.4 is 4.74 Å². The minimum Gasteiger partial charge on any atom is -0.487 e. The fraction of sp³-hybridized carbons (Fsp3) is 0.0833. The summed E-state index contributed by atoms with van der Waals surface area (Å²) < 4.78 is 6.47. The van der Waals surface area contributed by atoms with Crippen molar-refractivity contribution < 1.29 is 9.53 Å². The Hall–Kier alpha value is -1.73. The van der Waals surface area contributed by atoms with Gasteiger partial charge in [-0.25, -0.2) is 0 Å². The molecule has 0 radical (unpaired) electrons. The monoisotopic (exact) mass is 553 g/mol. The molecule has 0 aromatic heterocycles. The van der Waals surface area contributed by atoms with Crippen molar-refractivity contribution in [3.63, 3.8) is 0 Å². The van der Waals surface area contributed by atoms with Crippen LogP contribution in [0, 0.1) is 0 Å². The molecule has 3 nitrogen and oxygen atoms in total. The summed E-state index contributed by atoms with van der Waals surface area (Å²) in [6.07, 6.45) is 1.69. The van der Waals surface area contributed by atoms with Crippen LogP contribution in [0.25, 0.3) is 6.08 Å². The van der Waals surface area contributed by atoms with Gasteiger partial charge in [0.2, 0.25) is 0 Å². The summed E-state index contributed by atoms with van der Waals surface area (Å²) in [6.45, 7) is 0.489. The molecule has 1 fully saturated rings. The van der Waals surface area contributed by atoms with Crippen molar-refractivity contribution in [3.05, 3.63) is 102 Å². The largest absolute Gasteiger partial charge is 0.487 e. The van der Waals surface area contributed by atoms with E-state index in [4.69, 9.17) is 63.4 Å². The van der Waals surface area contributed by atoms with E-state index >= 15 is 0 Å². The van der Waals surface area contributed by atoms with Crippen LogP contribution in [0.15, 0.2) is 65.6 Å². The van der Waals surface area contributed by atoms with E-state index in [1.54, 1.807) is 41.3 Å². The topological polar surface area (TPSA) is 29.5 Å². The van der Waals surface area contributed by atoms with Crippen molar-refractivity contribution in [2.24, 2.45) is 0 Å². The molecule has 0 atom stereocenters. The quantitative estimate of drug-likeness (QED) is 0.226. The van der Waals surface area contributed by atoms with Gasteiger partial charge < -0.3 is 4.74 Å². The number of hydrogen-bond acceptors (Lipinski definition) is 4. The Morgan fingerprint density at radius 2 is 1.64 bits per heavy atom. The third-order valence-electron chi connectivity index (χ3n) is 4.80. The van der Waals surface area contributed by atoms with Crippen molar-refractivity contribution in [2.75, 3.05) is 0 Å². The number of ether oxygens (including phenoxy) is 1. The number of carbonyl (C=O) groups excluding carboxylic acids is 1. The standard InChI is InChI=1S/C24H15Cl4NO2S2/c25-16-9-15(22(20(28)11-16)31-13-17-18(26)7-4-8-19(17)27)10-21-23(30)29(24(32)33-21)12-14-5-2-1-3-6-14/h1-11H,12-13H2/b21-10+. The third-order valence-corrected chi connectivity index (χ3v) is 7.39. The Morgan fingerprint density at radius 1 is 0.939 bits per heavy atom. The zero-order chi connectivity index (χ0) is 23.5. The molecule has 1 aliphatic rings. The van der Waals surface area contributed by atoms with E-state index in [-0.39, 0.29) is 12.5 Å². The van der Waals surface area contributed by atoms with E-state index in [9.17, 15) is 4.79 Å². The lowest BCUT2D eigenvalue weighted by molar-refractivity contribution is -0.122. The lowest BCUT2D eigenvalue weighted by atomic mass is 10.1. The average molecular weight is 555 g/mol. The fourth-order valence-corrected chi connectivity index (χ4v) is 5.51. The minimum absolute atomic E-state index is 0.0929. The first-order valence-corrected chi connectivity index (χ1v) is 12.4. The maximum atomic E-state index is 13.1. The Morgan fingerprint density at radius 3 is 2.33 bits per heavy atom. The van der Waals surface area contributed by atoms with E-state index in [0.29, 0.717) is 52.7 Å². The smallest absolute Gasteiger partial charge is 0.266 e. The van der Waals surface area contributed by atoms with Gasteiger partial charge in [-0.15, -0.1) is 0 Å². The third kappa shape index (κ3) is 5.68. The molecule has 0 aliphatic carbocycles. The van der Waals surface area contributed by atoms with Crippen molar-refractivity contribution >= 4 is 86.7 Å². The van der Waals surface area contributed by atoms with Crippen LogP contribution in [0.4, 0.5) is 0 Å². The van der Waals surface area contributed by atoms with Crippen LogP contribution in [-0.2, 0) is 17.9 Å². The summed E-state index contributed by atoms with van der Waals surface area (Å²) in [5.74, 6) is 0.176. The van der Waals surface area contributed by atoms with Crippen molar-refractivity contribution in [1.82, 2.24) is 4.90 Å². The Balaban J connectivity index is 1.62. The summed E-state index contributed by atoms with van der Waals surface area (Å²) in [5, 5.41) is 1.68. The van der Waals surface area contributed by atoms with Gasteiger partial charge >= 0.3 is 0 Å². The molecule has 1 saturated heterocycles. The highest BCUT2D eigenvalue weighted by atomic mass is 35.5. The number of rotatable bonds is 6. The van der Waals surface area contributed by atoms with Gasteiger partial charge in [0.25, 0.3) is 5.91 Å². The second kappa shape index (κ2) is 10.7. The van der Waals surface area contributed by atoms with Crippen molar-refractivity contribution in [3.8, 4) is 5.75 Å². The Kier molecular flexibility index (Phi) is 7.90. The molecular weight excluding hydrogens is 540 g/mol. The van der Waals surface area contributed by atoms with Gasteiger partial charge in [-0.1, -0.05) is 107 Å². The summed E-state index contributed by atoms with van der Waals surface area (Å²) in [4.78, 5) is 15.1. The zero-order valence-electron chi connectivity index (χ0n) is 16.9. The molecule has 1 aliphatic heterocycles. The predicted octanol–water partition coefficient (Wildman–Crippen LogP) is 8.28. The average Bonchev–Trinajstić information content (AvgIpc) is 3.03. The van der Waals surface area contributed by atoms with Crippen LogP contribution in [0.5, 0.6) is 5.75 Å². The first kappa shape index (κ1) is 24.4. The SMILES string of the molecule is O=C1/C(=C\c2cc(Cl)cc(Cl)c2OCc2c(Cl)cccc2Cl)SC(=S)N1Cc1ccccc1. The molecular formula is C24H15Cl4NO2S2. The predicted molar refractivity (Wildman–Crippen MR) is 142 cm³/mol. The summed E-state index contributed by atoms with van der Waals surface area (Å²) >= 11 is 31.9. The summed E-state index contributed by atoms with van der Waals surface area (Å²) in [5.41, 5.74) is 2.17. The molecule has 0 unspecified atom stereocenters. The van der Waals surface area contributed by atoms with Gasteiger partial charge in [-0.05, 0) is 35.9 Å². The molecule has 3 aromatic carbocycles. The maximum absolute atomic E-state index is 13.1. The number of carbonyl (C=O) groups is 1. The summed E-state index contributed by atoms with van der Waals surface area (Å²) in [7, 11) is 0. The molecule has 33 heavy (non-hydrogen) atoms. The van der Waals surface area contributed by atoms with Crippen LogP contribution in [-0.4, -0.2) is 15.1 Å². The first-order valence-electron chi connectivity index (χ1n) is 9.67. The Bertz CT molecular complexity index is 1240. The van der Waals surface area contributed by atoms with E-state index in [1.807, 2.05) is 30.3 Å². The Labute approximate surface area is 221 Å². The van der Waals surface area contributed by atoms with Gasteiger partial charge in [-0.2, -0.15) is 0 Å². The number of benzene rings is 3. The first-order chi connectivity index (χ1) is 15.8. The lowest BCUT2D eigenvalue weighted by Crippen LogP contribution is -2.27. The molecule has 168 valence electrons.